The molecule has 0 bridgehead atoms. The van der Waals surface area contributed by atoms with Crippen LogP contribution in [0.5, 0.6) is 5.75 Å². The topological polar surface area (TPSA) is 71.1 Å². The van der Waals surface area contributed by atoms with Crippen LogP contribution >= 0.6 is 7.60 Å². The average Bonchev–Trinajstić information content (AvgIpc) is 2.52. The maximum absolute atomic E-state index is 12.2. The van der Waals surface area contributed by atoms with Gasteiger partial charge in [-0.15, -0.1) is 0 Å². The third kappa shape index (κ3) is 4.35. The van der Waals surface area contributed by atoms with Crippen molar-refractivity contribution in [1.82, 2.24) is 0 Å². The fourth-order valence-electron chi connectivity index (χ4n) is 2.25. The minimum Gasteiger partial charge on any atom is -0.452 e. The highest BCUT2D eigenvalue weighted by Crippen LogP contribution is 2.47. The van der Waals surface area contributed by atoms with E-state index >= 15 is 0 Å². The second-order valence-corrected chi connectivity index (χ2v) is 7.67. The van der Waals surface area contributed by atoms with Crippen LogP contribution in [0.1, 0.15) is 29.8 Å². The van der Waals surface area contributed by atoms with Crippen LogP contribution in [0.2, 0.25) is 0 Å². The Bertz CT molecular complexity index is 712. The molecule has 1 aliphatic heterocycles. The van der Waals surface area contributed by atoms with Gasteiger partial charge in [0.15, 0.2) is 0 Å². The fraction of sp³-hybridized carbons (Fsp3) is 0.353. The summed E-state index contributed by atoms with van der Waals surface area (Å²) in [6, 6.07) is 5.42. The average molecular weight is 352 g/mol. The first-order valence-corrected chi connectivity index (χ1v) is 9.01. The highest BCUT2D eigenvalue weighted by Gasteiger charge is 2.34. The summed E-state index contributed by atoms with van der Waals surface area (Å²) in [6.45, 7) is 3.38. The Morgan fingerprint density at radius 2 is 1.88 bits per heavy atom. The summed E-state index contributed by atoms with van der Waals surface area (Å²) < 4.78 is 32.4. The molecule has 0 unspecified atom stereocenters. The molecule has 130 valence electrons. The summed E-state index contributed by atoms with van der Waals surface area (Å²) >= 11 is 0. The van der Waals surface area contributed by atoms with Gasteiger partial charge in [0, 0.05) is 33.9 Å². The summed E-state index contributed by atoms with van der Waals surface area (Å²) in [7, 11) is -0.520. The van der Waals surface area contributed by atoms with Crippen molar-refractivity contribution in [2.45, 2.75) is 26.1 Å². The van der Waals surface area contributed by atoms with Gasteiger partial charge in [0.05, 0.1) is 0 Å². The molecule has 1 heterocycles. The van der Waals surface area contributed by atoms with Crippen LogP contribution in [0.3, 0.4) is 0 Å². The van der Waals surface area contributed by atoms with Gasteiger partial charge in [-0.1, -0.05) is 30.4 Å². The molecular formula is C17H21O6P. The predicted octanol–water partition coefficient (Wildman–Crippen LogP) is 4.07. The molecule has 0 fully saturated rings. The molecule has 24 heavy (non-hydrogen) atoms. The minimum atomic E-state index is -3.16. The molecule has 1 aromatic carbocycles. The largest absolute Gasteiger partial charge is 0.452 e. The summed E-state index contributed by atoms with van der Waals surface area (Å²) in [5, 5.41) is 0. The summed E-state index contributed by atoms with van der Waals surface area (Å²) in [5.41, 5.74) is 1.23. The molecule has 0 radical (unpaired) electrons. The van der Waals surface area contributed by atoms with E-state index in [4.69, 9.17) is 18.5 Å². The molecule has 0 saturated carbocycles. The van der Waals surface area contributed by atoms with Gasteiger partial charge in [-0.05, 0) is 18.1 Å². The number of carbonyl (C=O) groups is 1. The highest BCUT2D eigenvalue weighted by atomic mass is 31.2. The first-order valence-electron chi connectivity index (χ1n) is 7.40. The van der Waals surface area contributed by atoms with E-state index in [0.29, 0.717) is 17.7 Å². The first-order chi connectivity index (χ1) is 11.3. The molecule has 2 rings (SSSR count). The van der Waals surface area contributed by atoms with Gasteiger partial charge >= 0.3 is 13.6 Å². The number of esters is 1. The molecule has 0 atom stereocenters. The van der Waals surface area contributed by atoms with Crippen molar-refractivity contribution >= 4 is 13.6 Å². The summed E-state index contributed by atoms with van der Waals surface area (Å²) in [4.78, 5) is 12.2. The molecule has 1 aromatic rings. The molecule has 7 heteroatoms. The quantitative estimate of drug-likeness (QED) is 0.437. The number of ether oxygens (including phenoxy) is 2. The first kappa shape index (κ1) is 18.5. The van der Waals surface area contributed by atoms with Gasteiger partial charge < -0.3 is 18.5 Å². The molecule has 0 aromatic heterocycles. The van der Waals surface area contributed by atoms with E-state index in [9.17, 15) is 9.36 Å². The lowest BCUT2D eigenvalue weighted by molar-refractivity contribution is -0.127. The predicted molar refractivity (Wildman–Crippen MR) is 90.2 cm³/mol. The zero-order chi connectivity index (χ0) is 17.8. The van der Waals surface area contributed by atoms with Crippen molar-refractivity contribution in [3.05, 3.63) is 53.4 Å². The number of fused-ring (bicyclic) bond motifs is 1. The Morgan fingerprint density at radius 3 is 2.54 bits per heavy atom. The van der Waals surface area contributed by atoms with E-state index in [1.807, 2.05) is 18.2 Å². The van der Waals surface area contributed by atoms with Crippen LogP contribution in [0, 0.1) is 0 Å². The maximum Gasteiger partial charge on any atom is 0.353 e. The van der Waals surface area contributed by atoms with E-state index in [2.05, 4.69) is 0 Å². The molecule has 0 aliphatic carbocycles. The highest BCUT2D eigenvalue weighted by molar-refractivity contribution is 7.57. The number of allylic oxidation sites excluding steroid dienone is 3. The summed E-state index contributed by atoms with van der Waals surface area (Å²) in [6.07, 6.45) is 5.62. The number of hydrogen-bond donors (Lipinski definition) is 0. The minimum absolute atomic E-state index is 0.399. The molecule has 0 N–H and O–H groups in total. The molecule has 0 spiro atoms. The standard InChI is InChI=1S/C17H21O6P/c1-17(2)22-14-11-8-10-13(15(14)16(18)23-17)9-6-5-7-12-24(19,20-3)21-4/h5-8,10-12H,9H2,1-4H3/b6-5+,12-7+. The van der Waals surface area contributed by atoms with Crippen molar-refractivity contribution in [3.8, 4) is 5.75 Å². The molecule has 0 amide bonds. The van der Waals surface area contributed by atoms with Crippen LogP contribution in [0.4, 0.5) is 0 Å². The lowest BCUT2D eigenvalue weighted by Crippen LogP contribution is -2.39. The number of benzene rings is 1. The number of hydrogen-bond acceptors (Lipinski definition) is 6. The Kier molecular flexibility index (Phi) is 5.65. The normalized spacial score (nSPS) is 16.9. The van der Waals surface area contributed by atoms with Crippen LogP contribution in [0.25, 0.3) is 0 Å². The van der Waals surface area contributed by atoms with Crippen LogP contribution in [-0.2, 0) is 24.8 Å². The van der Waals surface area contributed by atoms with Gasteiger partial charge in [-0.3, -0.25) is 4.57 Å². The second kappa shape index (κ2) is 7.34. The van der Waals surface area contributed by atoms with Gasteiger partial charge in [0.25, 0.3) is 0 Å². The van der Waals surface area contributed by atoms with Crippen LogP contribution in [0.15, 0.2) is 42.2 Å². The Labute approximate surface area is 141 Å². The van der Waals surface area contributed by atoms with Gasteiger partial charge in [-0.2, -0.15) is 0 Å². The molecule has 0 saturated heterocycles. The van der Waals surface area contributed by atoms with Crippen molar-refractivity contribution < 1.29 is 27.9 Å². The van der Waals surface area contributed by atoms with E-state index in [1.54, 1.807) is 32.1 Å². The monoisotopic (exact) mass is 352 g/mol. The third-order valence-electron chi connectivity index (χ3n) is 3.37. The Hall–Kier alpha value is -1.88. The fourth-order valence-corrected chi connectivity index (χ4v) is 2.95. The van der Waals surface area contributed by atoms with Gasteiger partial charge in [0.1, 0.15) is 11.3 Å². The van der Waals surface area contributed by atoms with Crippen molar-refractivity contribution in [2.75, 3.05) is 14.2 Å². The third-order valence-corrected chi connectivity index (χ3v) is 4.93. The second-order valence-electron chi connectivity index (χ2n) is 5.56. The smallest absolute Gasteiger partial charge is 0.353 e. The molecule has 1 aliphatic rings. The maximum atomic E-state index is 12.2. The van der Waals surface area contributed by atoms with Gasteiger partial charge in [-0.25, -0.2) is 4.79 Å². The van der Waals surface area contributed by atoms with Crippen LogP contribution in [-0.4, -0.2) is 26.0 Å². The number of cyclic esters (lactones) is 1. The van der Waals surface area contributed by atoms with Crippen molar-refractivity contribution in [2.24, 2.45) is 0 Å². The zero-order valence-corrected chi connectivity index (χ0v) is 15.0. The Morgan fingerprint density at radius 1 is 1.17 bits per heavy atom. The van der Waals surface area contributed by atoms with Crippen molar-refractivity contribution in [1.29, 1.82) is 0 Å². The lowest BCUT2D eigenvalue weighted by Gasteiger charge is -2.32. The van der Waals surface area contributed by atoms with Gasteiger partial charge in [0.2, 0.25) is 5.79 Å². The SMILES string of the molecule is COP(=O)(/C=C/C=C/Cc1cccc2c1C(=O)OC(C)(C)O2)OC. The molecule has 6 nitrogen and oxygen atoms in total. The van der Waals surface area contributed by atoms with Crippen LogP contribution < -0.4 is 4.74 Å². The lowest BCUT2D eigenvalue weighted by atomic mass is 10.0. The molecular weight excluding hydrogens is 331 g/mol. The van der Waals surface area contributed by atoms with E-state index < -0.39 is 19.4 Å². The Balaban J connectivity index is 2.13. The van der Waals surface area contributed by atoms with E-state index in [-0.39, 0.29) is 0 Å². The zero-order valence-electron chi connectivity index (χ0n) is 14.1. The van der Waals surface area contributed by atoms with E-state index in [0.717, 1.165) is 5.56 Å². The van der Waals surface area contributed by atoms with Crippen molar-refractivity contribution in [3.63, 3.8) is 0 Å². The summed E-state index contributed by atoms with van der Waals surface area (Å²) in [5.74, 6) is 0.511. The number of rotatable bonds is 6. The number of carbonyl (C=O) groups excluding carboxylic acids is 1. The van der Waals surface area contributed by atoms with E-state index in [1.165, 1.54) is 20.0 Å².